The van der Waals surface area contributed by atoms with Gasteiger partial charge in [0.2, 0.25) is 0 Å². The van der Waals surface area contributed by atoms with Crippen LogP contribution in [-0.2, 0) is 0 Å². The second-order valence-electron chi connectivity index (χ2n) is 6.93. The second-order valence-corrected chi connectivity index (χ2v) is 8.61. The molecule has 1 aliphatic heterocycles. The van der Waals surface area contributed by atoms with Crippen LogP contribution in [0.1, 0.15) is 35.2 Å². The van der Waals surface area contributed by atoms with E-state index in [0.717, 1.165) is 36.6 Å². The van der Waals surface area contributed by atoms with E-state index in [-0.39, 0.29) is 5.91 Å². The Balaban J connectivity index is 1.68. The molecule has 6 heteroatoms. The monoisotopic (exact) mass is 497 g/mol. The Morgan fingerprint density at radius 1 is 1.11 bits per heavy atom. The van der Waals surface area contributed by atoms with Gasteiger partial charge in [0.05, 0.1) is 11.3 Å². The van der Waals surface area contributed by atoms with E-state index < -0.39 is 0 Å². The highest BCUT2D eigenvalue weighted by molar-refractivity contribution is 14.1. The predicted molar refractivity (Wildman–Crippen MR) is 121 cm³/mol. The molecule has 3 rings (SSSR count). The second kappa shape index (κ2) is 9.75. The molecule has 0 bridgehead atoms. The maximum Gasteiger partial charge on any atom is 0.253 e. The summed E-state index contributed by atoms with van der Waals surface area (Å²) in [5, 5.41) is 6.98. The lowest BCUT2D eigenvalue weighted by atomic mass is 10.1. The maximum absolute atomic E-state index is 12.8. The minimum Gasteiger partial charge on any atom is -0.355 e. The Hall–Kier alpha value is -1.31. The molecule has 0 aromatic heterocycles. The molecule has 0 unspecified atom stereocenters. The number of hydrogen-bond donors (Lipinski definition) is 2. The summed E-state index contributed by atoms with van der Waals surface area (Å²) < 4.78 is 1.18. The number of anilines is 2. The summed E-state index contributed by atoms with van der Waals surface area (Å²) in [5.41, 5.74) is 3.45. The van der Waals surface area contributed by atoms with Crippen LogP contribution in [0.4, 0.5) is 11.4 Å². The first kappa shape index (κ1) is 20.4. The van der Waals surface area contributed by atoms with E-state index in [1.54, 1.807) is 12.1 Å². The van der Waals surface area contributed by atoms with Gasteiger partial charge >= 0.3 is 0 Å². The van der Waals surface area contributed by atoms with Crippen molar-refractivity contribution in [1.82, 2.24) is 10.2 Å². The van der Waals surface area contributed by atoms with Crippen molar-refractivity contribution in [2.75, 3.05) is 31.5 Å². The highest BCUT2D eigenvalue weighted by Gasteiger charge is 2.14. The molecule has 0 spiro atoms. The number of carbonyl (C=O) groups is 1. The molecular weight excluding hydrogens is 473 g/mol. The molecular formula is C21H25ClIN3O. The summed E-state index contributed by atoms with van der Waals surface area (Å²) >= 11 is 8.45. The van der Waals surface area contributed by atoms with Crippen molar-refractivity contribution in [3.8, 4) is 0 Å². The lowest BCUT2D eigenvalue weighted by molar-refractivity contribution is 0.0947. The molecule has 1 aliphatic rings. The number of benzene rings is 2. The van der Waals surface area contributed by atoms with E-state index in [9.17, 15) is 4.79 Å². The van der Waals surface area contributed by atoms with Gasteiger partial charge < -0.3 is 15.5 Å². The van der Waals surface area contributed by atoms with Gasteiger partial charge in [-0.2, -0.15) is 0 Å². The number of likely N-dealkylation sites (tertiary alicyclic amines) is 1. The van der Waals surface area contributed by atoms with Gasteiger partial charge in [-0.15, -0.1) is 0 Å². The van der Waals surface area contributed by atoms with E-state index in [4.69, 9.17) is 11.6 Å². The summed E-state index contributed by atoms with van der Waals surface area (Å²) in [4.78, 5) is 15.2. The van der Waals surface area contributed by atoms with Crippen LogP contribution in [0.3, 0.4) is 0 Å². The predicted octanol–water partition coefficient (Wildman–Crippen LogP) is 5.21. The van der Waals surface area contributed by atoms with Gasteiger partial charge in [0.25, 0.3) is 5.91 Å². The van der Waals surface area contributed by atoms with Crippen molar-refractivity contribution in [1.29, 1.82) is 0 Å². The molecule has 0 aliphatic carbocycles. The minimum atomic E-state index is -0.0971. The fourth-order valence-electron chi connectivity index (χ4n) is 3.33. The van der Waals surface area contributed by atoms with Crippen molar-refractivity contribution in [3.63, 3.8) is 0 Å². The Morgan fingerprint density at radius 2 is 1.85 bits per heavy atom. The van der Waals surface area contributed by atoms with Gasteiger partial charge in [0.1, 0.15) is 0 Å². The average molecular weight is 498 g/mol. The van der Waals surface area contributed by atoms with Gasteiger partial charge in [0, 0.05) is 27.4 Å². The van der Waals surface area contributed by atoms with Crippen molar-refractivity contribution >= 4 is 51.5 Å². The van der Waals surface area contributed by atoms with Crippen LogP contribution >= 0.6 is 34.2 Å². The topological polar surface area (TPSA) is 44.4 Å². The third kappa shape index (κ3) is 5.83. The normalized spacial score (nSPS) is 14.8. The number of nitrogens with one attached hydrogen (secondary N) is 2. The van der Waals surface area contributed by atoms with E-state index in [1.807, 2.05) is 18.2 Å². The summed E-state index contributed by atoms with van der Waals surface area (Å²) in [5.74, 6) is -0.0971. The number of amides is 1. The van der Waals surface area contributed by atoms with E-state index >= 15 is 0 Å². The molecule has 27 heavy (non-hydrogen) atoms. The van der Waals surface area contributed by atoms with Crippen molar-refractivity contribution in [2.24, 2.45) is 0 Å². The molecule has 2 aromatic carbocycles. The number of hydrogen-bond acceptors (Lipinski definition) is 3. The lowest BCUT2D eigenvalue weighted by Gasteiger charge is -2.26. The number of halogens is 2. The Morgan fingerprint density at radius 3 is 2.59 bits per heavy atom. The van der Waals surface area contributed by atoms with Crippen LogP contribution in [0.25, 0.3) is 0 Å². The number of carbonyl (C=O) groups excluding carboxylic acids is 1. The zero-order valence-corrected chi connectivity index (χ0v) is 18.4. The van der Waals surface area contributed by atoms with Crippen LogP contribution in [0.5, 0.6) is 0 Å². The molecule has 144 valence electrons. The molecule has 1 fully saturated rings. The SMILES string of the molecule is Cc1cc(I)ccc1Nc1ccc(Cl)cc1C(=O)NCCN1CCCCC1. The standard InChI is InChI=1S/C21H25ClIN3O/c1-15-13-17(23)6-8-19(15)25-20-7-5-16(22)14-18(20)21(27)24-9-12-26-10-3-2-4-11-26/h5-8,13-14,25H,2-4,9-12H2,1H3,(H,24,27). The summed E-state index contributed by atoms with van der Waals surface area (Å²) in [6, 6.07) is 11.6. The third-order valence-corrected chi connectivity index (χ3v) is 5.75. The molecule has 1 heterocycles. The largest absolute Gasteiger partial charge is 0.355 e. The van der Waals surface area contributed by atoms with Crippen molar-refractivity contribution in [2.45, 2.75) is 26.2 Å². The smallest absolute Gasteiger partial charge is 0.253 e. The van der Waals surface area contributed by atoms with Crippen LogP contribution in [0.2, 0.25) is 5.02 Å². The van der Waals surface area contributed by atoms with Crippen LogP contribution in [0.15, 0.2) is 36.4 Å². The highest BCUT2D eigenvalue weighted by Crippen LogP contribution is 2.27. The third-order valence-electron chi connectivity index (χ3n) is 4.85. The van der Waals surface area contributed by atoms with E-state index in [2.05, 4.69) is 51.1 Å². The maximum atomic E-state index is 12.8. The van der Waals surface area contributed by atoms with Gasteiger partial charge in [-0.3, -0.25) is 4.79 Å². The fourth-order valence-corrected chi connectivity index (χ4v) is 4.15. The number of piperidine rings is 1. The Kier molecular flexibility index (Phi) is 7.38. The fraction of sp³-hybridized carbons (Fsp3) is 0.381. The van der Waals surface area contributed by atoms with Crippen LogP contribution in [0, 0.1) is 10.5 Å². The highest BCUT2D eigenvalue weighted by atomic mass is 127. The van der Waals surface area contributed by atoms with E-state index in [1.165, 1.54) is 22.8 Å². The number of aryl methyl sites for hydroxylation is 1. The van der Waals surface area contributed by atoms with Crippen LogP contribution in [-0.4, -0.2) is 37.0 Å². The summed E-state index contributed by atoms with van der Waals surface area (Å²) in [6.45, 7) is 5.86. The molecule has 1 saturated heterocycles. The van der Waals surface area contributed by atoms with Crippen molar-refractivity contribution in [3.05, 3.63) is 56.1 Å². The Bertz CT molecular complexity index is 806. The van der Waals surface area contributed by atoms with E-state index in [0.29, 0.717) is 17.1 Å². The first-order valence-corrected chi connectivity index (χ1v) is 10.8. The summed E-state index contributed by atoms with van der Waals surface area (Å²) in [6.07, 6.45) is 3.83. The summed E-state index contributed by atoms with van der Waals surface area (Å²) in [7, 11) is 0. The molecule has 0 saturated carbocycles. The first-order valence-electron chi connectivity index (χ1n) is 9.36. The molecule has 2 N–H and O–H groups in total. The number of nitrogens with zero attached hydrogens (tertiary/aromatic N) is 1. The van der Waals surface area contributed by atoms with Gasteiger partial charge in [-0.05, 0) is 97.4 Å². The molecule has 2 aromatic rings. The van der Waals surface area contributed by atoms with Gasteiger partial charge in [0.15, 0.2) is 0 Å². The molecule has 1 amide bonds. The zero-order valence-electron chi connectivity index (χ0n) is 15.5. The van der Waals surface area contributed by atoms with Gasteiger partial charge in [-0.25, -0.2) is 0 Å². The number of rotatable bonds is 6. The average Bonchev–Trinajstić information content (AvgIpc) is 2.66. The van der Waals surface area contributed by atoms with Crippen LogP contribution < -0.4 is 10.6 Å². The van der Waals surface area contributed by atoms with Crippen molar-refractivity contribution < 1.29 is 4.79 Å². The lowest BCUT2D eigenvalue weighted by Crippen LogP contribution is -2.37. The zero-order chi connectivity index (χ0) is 19.2. The molecule has 4 nitrogen and oxygen atoms in total. The first-order chi connectivity index (χ1) is 13.0. The quantitative estimate of drug-likeness (QED) is 0.538. The van der Waals surface area contributed by atoms with Gasteiger partial charge in [-0.1, -0.05) is 18.0 Å². The molecule has 0 atom stereocenters. The minimum absolute atomic E-state index is 0.0971. The Labute approximate surface area is 179 Å². The molecule has 0 radical (unpaired) electrons.